The minimum absolute atomic E-state index is 0.189. The summed E-state index contributed by atoms with van der Waals surface area (Å²) in [5.74, 6) is 6.14. The molecular weight excluding hydrogens is 500 g/mol. The molecule has 0 fully saturated rings. The Balaban J connectivity index is 1.94. The fourth-order valence-electron chi connectivity index (χ4n) is 3.13. The molecule has 0 spiro atoms. The van der Waals surface area contributed by atoms with E-state index in [2.05, 4.69) is 37.2 Å². The maximum atomic E-state index is 12.2. The number of hydrogen-bond acceptors (Lipinski definition) is 5. The van der Waals surface area contributed by atoms with Gasteiger partial charge in [-0.2, -0.15) is 5.10 Å². The number of ketones is 1. The van der Waals surface area contributed by atoms with Crippen molar-refractivity contribution >= 4 is 51.1 Å². The molecule has 9 heteroatoms. The number of carbonyl (C=O) groups is 1. The highest BCUT2D eigenvalue weighted by atomic mass is 127. The highest BCUT2D eigenvalue weighted by Crippen LogP contribution is 2.25. The van der Waals surface area contributed by atoms with Gasteiger partial charge < -0.3 is 20.6 Å². The molecule has 0 aliphatic heterocycles. The average Bonchev–Trinajstić information content (AvgIpc) is 3.14. The fraction of sp³-hybridized carbons (Fsp3) is 0.250. The number of fused-ring (bicyclic) bond motifs is 1. The molecule has 0 saturated heterocycles. The van der Waals surface area contributed by atoms with Crippen LogP contribution in [0.5, 0.6) is 0 Å². The number of amidine groups is 1. The zero-order valence-electron chi connectivity index (χ0n) is 16.1. The van der Waals surface area contributed by atoms with Crippen LogP contribution in [0.1, 0.15) is 37.5 Å². The minimum Gasteiger partial charge on any atom is -0.380 e. The van der Waals surface area contributed by atoms with Crippen LogP contribution in [0.2, 0.25) is 0 Å². The summed E-state index contributed by atoms with van der Waals surface area (Å²) in [4.78, 5) is 16.7. The number of nitrogens with zero attached hydrogens (tertiary/aromatic N) is 3. The van der Waals surface area contributed by atoms with Crippen molar-refractivity contribution in [2.24, 2.45) is 16.9 Å². The van der Waals surface area contributed by atoms with Gasteiger partial charge in [0.05, 0.1) is 0 Å². The van der Waals surface area contributed by atoms with Gasteiger partial charge in [0.1, 0.15) is 11.8 Å². The molecule has 7 nitrogen and oxygen atoms in total. The molecule has 2 unspecified atom stereocenters. The SMILES string of the molecule is CC(C)CC(=O)C(O)c1cnc2c(ccn2-c2cccc(/C(=N/N)NPI)c2)c1. The highest BCUT2D eigenvalue weighted by molar-refractivity contribution is 14.2. The summed E-state index contributed by atoms with van der Waals surface area (Å²) in [7, 11) is 0. The number of aliphatic hydroxyl groups is 1. The van der Waals surface area contributed by atoms with Crippen LogP contribution in [0.25, 0.3) is 16.7 Å². The Kier molecular flexibility index (Phi) is 7.21. The maximum absolute atomic E-state index is 12.2. The molecular formula is C20H23IN5O2P. The van der Waals surface area contributed by atoms with Gasteiger partial charge in [0.25, 0.3) is 0 Å². The van der Waals surface area contributed by atoms with E-state index < -0.39 is 6.10 Å². The normalized spacial score (nSPS) is 13.5. The number of Topliss-reactive ketones (excluding diaryl/α,β-unsaturated/α-hetero) is 1. The number of nitrogens with two attached hydrogens (primary N) is 1. The van der Waals surface area contributed by atoms with Crippen LogP contribution in [-0.2, 0) is 4.79 Å². The summed E-state index contributed by atoms with van der Waals surface area (Å²) in [5, 5.41) is 18.2. The second kappa shape index (κ2) is 9.65. The second-order valence-corrected chi connectivity index (χ2v) is 9.14. The number of aliphatic hydroxyl groups excluding tert-OH is 1. The van der Waals surface area contributed by atoms with E-state index in [1.54, 1.807) is 6.20 Å². The van der Waals surface area contributed by atoms with Gasteiger partial charge in [0.15, 0.2) is 11.6 Å². The molecule has 29 heavy (non-hydrogen) atoms. The summed E-state index contributed by atoms with van der Waals surface area (Å²) in [5.41, 5.74) is 3.04. The largest absolute Gasteiger partial charge is 0.380 e. The molecule has 4 N–H and O–H groups in total. The van der Waals surface area contributed by atoms with Gasteiger partial charge >= 0.3 is 0 Å². The van der Waals surface area contributed by atoms with Crippen LogP contribution >= 0.6 is 28.4 Å². The van der Waals surface area contributed by atoms with Crippen LogP contribution < -0.4 is 10.9 Å². The number of aromatic nitrogens is 2. The van der Waals surface area contributed by atoms with E-state index in [-0.39, 0.29) is 11.7 Å². The van der Waals surface area contributed by atoms with Gasteiger partial charge in [-0.15, -0.1) is 0 Å². The van der Waals surface area contributed by atoms with E-state index in [4.69, 9.17) is 5.84 Å². The highest BCUT2D eigenvalue weighted by Gasteiger charge is 2.19. The van der Waals surface area contributed by atoms with Gasteiger partial charge in [-0.3, -0.25) is 4.79 Å². The fourth-order valence-corrected chi connectivity index (χ4v) is 4.19. The van der Waals surface area contributed by atoms with Gasteiger partial charge in [-0.1, -0.05) is 26.0 Å². The summed E-state index contributed by atoms with van der Waals surface area (Å²) in [6.45, 7) is 3.91. The Labute approximate surface area is 184 Å². The molecule has 2 heterocycles. The van der Waals surface area contributed by atoms with Crippen molar-refractivity contribution in [1.82, 2.24) is 14.6 Å². The molecule has 3 rings (SSSR count). The number of hydrazone groups is 1. The maximum Gasteiger partial charge on any atom is 0.166 e. The molecule has 2 aromatic heterocycles. The first-order chi connectivity index (χ1) is 13.9. The first-order valence-electron chi connectivity index (χ1n) is 9.12. The molecule has 0 amide bonds. The number of nitrogens with one attached hydrogen (secondary N) is 1. The van der Waals surface area contributed by atoms with Crippen molar-refractivity contribution in [3.05, 3.63) is 59.9 Å². The molecule has 0 bridgehead atoms. The third-order valence-electron chi connectivity index (χ3n) is 4.47. The molecule has 2 atom stereocenters. The molecule has 0 saturated carbocycles. The van der Waals surface area contributed by atoms with E-state index in [1.807, 2.05) is 61.0 Å². The van der Waals surface area contributed by atoms with Crippen molar-refractivity contribution in [1.29, 1.82) is 0 Å². The van der Waals surface area contributed by atoms with E-state index >= 15 is 0 Å². The van der Waals surface area contributed by atoms with Crippen LogP contribution in [0.4, 0.5) is 0 Å². The number of pyridine rings is 1. The number of halogens is 1. The Hall–Kier alpha value is -2.03. The summed E-state index contributed by atoms with van der Waals surface area (Å²) < 4.78 is 1.95. The molecule has 0 aliphatic carbocycles. The van der Waals surface area contributed by atoms with Gasteiger partial charge in [0, 0.05) is 47.4 Å². The second-order valence-electron chi connectivity index (χ2n) is 7.08. The van der Waals surface area contributed by atoms with Crippen molar-refractivity contribution in [3.63, 3.8) is 0 Å². The molecule has 152 valence electrons. The zero-order valence-corrected chi connectivity index (χ0v) is 19.3. The van der Waals surface area contributed by atoms with E-state index in [0.717, 1.165) is 22.3 Å². The minimum atomic E-state index is -1.15. The molecule has 1 aromatic carbocycles. The lowest BCUT2D eigenvalue weighted by molar-refractivity contribution is -0.128. The lowest BCUT2D eigenvalue weighted by atomic mass is 9.99. The van der Waals surface area contributed by atoms with Crippen LogP contribution in [0, 0.1) is 5.92 Å². The van der Waals surface area contributed by atoms with Crippen molar-refractivity contribution < 1.29 is 9.90 Å². The predicted molar refractivity (Wildman–Crippen MR) is 127 cm³/mol. The van der Waals surface area contributed by atoms with Crippen LogP contribution in [-0.4, -0.2) is 26.3 Å². The van der Waals surface area contributed by atoms with Crippen LogP contribution in [0.3, 0.4) is 0 Å². The summed E-state index contributed by atoms with van der Waals surface area (Å²) in [6.07, 6.45) is 3.12. The predicted octanol–water partition coefficient (Wildman–Crippen LogP) is 3.83. The monoisotopic (exact) mass is 523 g/mol. The van der Waals surface area contributed by atoms with Gasteiger partial charge in [-0.25, -0.2) is 4.98 Å². The first-order valence-corrected chi connectivity index (χ1v) is 13.2. The van der Waals surface area contributed by atoms with Crippen molar-refractivity contribution in [2.75, 3.05) is 0 Å². The van der Waals surface area contributed by atoms with Crippen molar-refractivity contribution in [2.45, 2.75) is 26.4 Å². The average molecular weight is 523 g/mol. The molecule has 0 radical (unpaired) electrons. The lowest BCUT2D eigenvalue weighted by Crippen LogP contribution is -2.17. The van der Waals surface area contributed by atoms with Crippen LogP contribution in [0.15, 0.2) is 53.9 Å². The standard InChI is InChI=1S/C20H23IN5O2P/c1-12(2)8-17(27)18(28)15-9-14-6-7-26(20(14)23-11-15)16-5-3-4-13(10-16)19(24-22)25-29-21/h3-7,9-12,18,28-29H,8,22H2,1-2H3,(H,24,25). The smallest absolute Gasteiger partial charge is 0.166 e. The Morgan fingerprint density at radius 2 is 2.17 bits per heavy atom. The van der Waals surface area contributed by atoms with E-state index in [9.17, 15) is 9.90 Å². The Morgan fingerprint density at radius 1 is 1.38 bits per heavy atom. The molecule has 3 aromatic rings. The quantitative estimate of drug-likeness (QED) is 0.109. The van der Waals surface area contributed by atoms with E-state index in [1.165, 1.54) is 0 Å². The Bertz CT molecular complexity index is 1050. The number of benzene rings is 1. The topological polar surface area (TPSA) is 106 Å². The number of hydrogen-bond donors (Lipinski definition) is 3. The summed E-state index contributed by atoms with van der Waals surface area (Å²) >= 11 is 2.22. The number of carbonyl (C=O) groups excluding carboxylic acids is 1. The molecule has 0 aliphatic rings. The lowest BCUT2D eigenvalue weighted by Gasteiger charge is -2.12. The van der Waals surface area contributed by atoms with E-state index in [0.29, 0.717) is 24.2 Å². The van der Waals surface area contributed by atoms with Crippen molar-refractivity contribution in [3.8, 4) is 5.69 Å². The first kappa shape index (κ1) is 21.7. The third kappa shape index (κ3) is 4.94. The van der Waals surface area contributed by atoms with Gasteiger partial charge in [-0.05, 0) is 52.2 Å². The van der Waals surface area contributed by atoms with Gasteiger partial charge in [0.2, 0.25) is 0 Å². The number of rotatable bonds is 7. The Morgan fingerprint density at radius 3 is 2.86 bits per heavy atom. The zero-order chi connectivity index (χ0) is 21.0. The third-order valence-corrected chi connectivity index (χ3v) is 5.61. The summed E-state index contributed by atoms with van der Waals surface area (Å²) in [6, 6.07) is 11.6.